The Labute approximate surface area is 147 Å². The minimum Gasteiger partial charge on any atom is -0.481 e. The molecule has 6 nitrogen and oxygen atoms in total. The van der Waals surface area contributed by atoms with Gasteiger partial charge in [-0.15, -0.1) is 0 Å². The molecule has 4 rings (SSSR count). The van der Waals surface area contributed by atoms with E-state index < -0.39 is 11.4 Å². The Morgan fingerprint density at radius 2 is 2.12 bits per heavy atom. The minimum atomic E-state index is -0.923. The summed E-state index contributed by atoms with van der Waals surface area (Å²) in [7, 11) is 0. The minimum absolute atomic E-state index is 0.0835. The summed E-state index contributed by atoms with van der Waals surface area (Å²) in [4.78, 5) is 25.8. The van der Waals surface area contributed by atoms with E-state index in [1.165, 1.54) is 5.56 Å². The Bertz CT molecular complexity index is 694. The lowest BCUT2D eigenvalue weighted by Crippen LogP contribution is -2.44. The van der Waals surface area contributed by atoms with Crippen LogP contribution in [0.15, 0.2) is 30.3 Å². The van der Waals surface area contributed by atoms with E-state index in [-0.39, 0.29) is 30.5 Å². The summed E-state index contributed by atoms with van der Waals surface area (Å²) in [6, 6.07) is 10.2. The molecule has 0 unspecified atom stereocenters. The highest BCUT2D eigenvalue weighted by molar-refractivity contribution is 5.80. The van der Waals surface area contributed by atoms with Crippen molar-refractivity contribution in [1.82, 2.24) is 10.2 Å². The SMILES string of the molecule is C[C@@]1(CNC(=O)N2C[C@@H]3COC[C@]3(C(=O)O)C2)C[C@H]1c1ccccc1. The second-order valence-electron chi connectivity index (χ2n) is 8.03. The van der Waals surface area contributed by atoms with Crippen LogP contribution in [-0.4, -0.2) is 54.9 Å². The molecule has 0 bridgehead atoms. The molecule has 2 saturated heterocycles. The number of nitrogens with zero attached hydrogens (tertiary/aromatic N) is 1. The van der Waals surface area contributed by atoms with Crippen LogP contribution >= 0.6 is 0 Å². The van der Waals surface area contributed by atoms with Gasteiger partial charge in [0.05, 0.1) is 13.2 Å². The molecule has 0 aromatic heterocycles. The van der Waals surface area contributed by atoms with Crippen LogP contribution in [0.5, 0.6) is 0 Å². The van der Waals surface area contributed by atoms with Gasteiger partial charge in [0.1, 0.15) is 5.41 Å². The Kier molecular flexibility index (Phi) is 3.76. The second kappa shape index (κ2) is 5.73. The topological polar surface area (TPSA) is 78.9 Å². The average Bonchev–Trinajstić information content (AvgIpc) is 2.94. The third kappa shape index (κ3) is 2.68. The number of hydrogen-bond donors (Lipinski definition) is 2. The number of likely N-dealkylation sites (tertiary alicyclic amines) is 1. The zero-order chi connectivity index (χ0) is 17.7. The number of fused-ring (bicyclic) bond motifs is 1. The fraction of sp³-hybridized carbons (Fsp3) is 0.579. The highest BCUT2D eigenvalue weighted by atomic mass is 16.5. The summed E-state index contributed by atoms with van der Waals surface area (Å²) in [5.74, 6) is -0.487. The molecule has 1 aromatic rings. The fourth-order valence-corrected chi connectivity index (χ4v) is 4.39. The molecule has 3 fully saturated rings. The monoisotopic (exact) mass is 344 g/mol. The molecule has 2 N–H and O–H groups in total. The molecule has 134 valence electrons. The first-order chi connectivity index (χ1) is 11.9. The van der Waals surface area contributed by atoms with Crippen molar-refractivity contribution in [3.8, 4) is 0 Å². The summed E-state index contributed by atoms with van der Waals surface area (Å²) in [6.07, 6.45) is 1.06. The van der Waals surface area contributed by atoms with E-state index in [2.05, 4.69) is 24.4 Å². The van der Waals surface area contributed by atoms with Crippen LogP contribution in [0.1, 0.15) is 24.8 Å². The molecule has 0 radical (unpaired) electrons. The predicted molar refractivity (Wildman–Crippen MR) is 91.3 cm³/mol. The molecule has 2 amide bonds. The number of ether oxygens (including phenoxy) is 1. The van der Waals surface area contributed by atoms with Gasteiger partial charge in [-0.05, 0) is 23.3 Å². The predicted octanol–water partition coefficient (Wildman–Crippen LogP) is 1.92. The lowest BCUT2D eigenvalue weighted by molar-refractivity contribution is -0.149. The number of carboxylic acid groups (broad SMARTS) is 1. The summed E-state index contributed by atoms with van der Waals surface area (Å²) in [5, 5.41) is 12.6. The van der Waals surface area contributed by atoms with Crippen LogP contribution in [-0.2, 0) is 9.53 Å². The van der Waals surface area contributed by atoms with Crippen LogP contribution < -0.4 is 5.32 Å². The molecule has 0 spiro atoms. The number of aliphatic carboxylic acids is 1. The Balaban J connectivity index is 1.34. The maximum atomic E-state index is 12.5. The summed E-state index contributed by atoms with van der Waals surface area (Å²) in [6.45, 7) is 4.11. The van der Waals surface area contributed by atoms with Crippen molar-refractivity contribution >= 4 is 12.0 Å². The first kappa shape index (κ1) is 16.4. The number of hydrogen-bond acceptors (Lipinski definition) is 3. The van der Waals surface area contributed by atoms with Gasteiger partial charge in [0.15, 0.2) is 0 Å². The van der Waals surface area contributed by atoms with Crippen molar-refractivity contribution in [3.63, 3.8) is 0 Å². The Morgan fingerprint density at radius 3 is 2.80 bits per heavy atom. The van der Waals surface area contributed by atoms with Gasteiger partial charge in [-0.25, -0.2) is 4.79 Å². The number of carbonyl (C=O) groups is 2. The van der Waals surface area contributed by atoms with E-state index in [9.17, 15) is 14.7 Å². The van der Waals surface area contributed by atoms with E-state index in [0.717, 1.165) is 6.42 Å². The van der Waals surface area contributed by atoms with Crippen molar-refractivity contribution in [3.05, 3.63) is 35.9 Å². The van der Waals surface area contributed by atoms with Gasteiger partial charge in [-0.1, -0.05) is 37.3 Å². The van der Waals surface area contributed by atoms with Gasteiger partial charge >= 0.3 is 12.0 Å². The normalized spacial score (nSPS) is 36.1. The molecule has 4 atom stereocenters. The summed E-state index contributed by atoms with van der Waals surface area (Å²) >= 11 is 0. The molecular formula is C19H24N2O4. The van der Waals surface area contributed by atoms with E-state index in [1.54, 1.807) is 4.90 Å². The maximum Gasteiger partial charge on any atom is 0.317 e. The molecule has 6 heteroatoms. The standard InChI is InChI=1S/C19H24N2O4/c1-18(7-15(18)13-5-3-2-4-6-13)10-20-17(24)21-8-14-9-25-12-19(14,11-21)16(22)23/h2-6,14-15H,7-12H2,1H3,(H,20,24)(H,22,23)/t14-,15+,18+,19-/m1/s1. The number of benzene rings is 1. The van der Waals surface area contributed by atoms with Crippen molar-refractivity contribution in [2.24, 2.45) is 16.7 Å². The van der Waals surface area contributed by atoms with E-state index in [0.29, 0.717) is 25.6 Å². The van der Waals surface area contributed by atoms with Crippen molar-refractivity contribution in [2.45, 2.75) is 19.3 Å². The maximum absolute atomic E-state index is 12.5. The summed E-state index contributed by atoms with van der Waals surface area (Å²) in [5.41, 5.74) is 0.477. The smallest absolute Gasteiger partial charge is 0.317 e. The quantitative estimate of drug-likeness (QED) is 0.875. The van der Waals surface area contributed by atoms with Crippen LogP contribution in [0.25, 0.3) is 0 Å². The zero-order valence-electron chi connectivity index (χ0n) is 14.4. The highest BCUT2D eigenvalue weighted by Crippen LogP contribution is 2.58. The first-order valence-corrected chi connectivity index (χ1v) is 8.83. The molecule has 1 aromatic carbocycles. The van der Waals surface area contributed by atoms with Gasteiger partial charge in [0.25, 0.3) is 0 Å². The largest absolute Gasteiger partial charge is 0.481 e. The number of urea groups is 1. The molecular weight excluding hydrogens is 320 g/mol. The van der Waals surface area contributed by atoms with Gasteiger partial charge in [0, 0.05) is 25.6 Å². The molecule has 1 saturated carbocycles. The number of carboxylic acids is 1. The number of carbonyl (C=O) groups excluding carboxylic acids is 1. The Morgan fingerprint density at radius 1 is 1.36 bits per heavy atom. The fourth-order valence-electron chi connectivity index (χ4n) is 4.39. The van der Waals surface area contributed by atoms with E-state index in [1.807, 2.05) is 18.2 Å². The van der Waals surface area contributed by atoms with Gasteiger partial charge < -0.3 is 20.1 Å². The van der Waals surface area contributed by atoms with Crippen LogP contribution in [0.4, 0.5) is 4.79 Å². The zero-order valence-corrected chi connectivity index (χ0v) is 14.4. The summed E-state index contributed by atoms with van der Waals surface area (Å²) < 4.78 is 5.35. The first-order valence-electron chi connectivity index (χ1n) is 8.83. The second-order valence-corrected chi connectivity index (χ2v) is 8.03. The highest BCUT2D eigenvalue weighted by Gasteiger charge is 2.57. The van der Waals surface area contributed by atoms with Crippen LogP contribution in [0, 0.1) is 16.7 Å². The van der Waals surface area contributed by atoms with Gasteiger partial charge in [-0.3, -0.25) is 4.79 Å². The van der Waals surface area contributed by atoms with Crippen LogP contribution in [0.2, 0.25) is 0 Å². The van der Waals surface area contributed by atoms with E-state index >= 15 is 0 Å². The average molecular weight is 344 g/mol. The molecule has 2 heterocycles. The third-order valence-electron chi connectivity index (χ3n) is 6.28. The van der Waals surface area contributed by atoms with Crippen molar-refractivity contribution in [1.29, 1.82) is 0 Å². The molecule has 1 aliphatic carbocycles. The number of amides is 2. The molecule has 25 heavy (non-hydrogen) atoms. The van der Waals surface area contributed by atoms with Crippen molar-refractivity contribution < 1.29 is 19.4 Å². The Hall–Kier alpha value is -2.08. The number of rotatable bonds is 4. The third-order valence-corrected chi connectivity index (χ3v) is 6.28. The molecule has 2 aliphatic heterocycles. The van der Waals surface area contributed by atoms with Crippen molar-refractivity contribution in [2.75, 3.05) is 32.8 Å². The lowest BCUT2D eigenvalue weighted by Gasteiger charge is -2.23. The van der Waals surface area contributed by atoms with Crippen LogP contribution in [0.3, 0.4) is 0 Å². The van der Waals surface area contributed by atoms with Gasteiger partial charge in [0.2, 0.25) is 0 Å². The van der Waals surface area contributed by atoms with E-state index in [4.69, 9.17) is 4.74 Å². The lowest BCUT2D eigenvalue weighted by atomic mass is 9.81. The molecule has 3 aliphatic rings. The van der Waals surface area contributed by atoms with Gasteiger partial charge in [-0.2, -0.15) is 0 Å². The number of nitrogens with one attached hydrogen (secondary N) is 1.